The molecule has 1 unspecified atom stereocenters. The molecule has 2 aromatic carbocycles. The predicted molar refractivity (Wildman–Crippen MR) is 99.9 cm³/mol. The van der Waals surface area contributed by atoms with Crippen LogP contribution in [0.4, 0.5) is 4.79 Å². The molecule has 1 N–H and O–H groups in total. The molecule has 1 aliphatic carbocycles. The Kier molecular flexibility index (Phi) is 5.69. The average Bonchev–Trinajstić information content (AvgIpc) is 2.92. The highest BCUT2D eigenvalue weighted by atomic mass is 79.9. The molecule has 0 fully saturated rings. The van der Waals surface area contributed by atoms with Crippen molar-refractivity contribution in [1.82, 2.24) is 5.32 Å². The third-order valence-corrected chi connectivity index (χ3v) is 5.01. The molecule has 0 aliphatic heterocycles. The molecule has 126 valence electrons. The largest absolute Gasteiger partial charge is 0.449 e. The second-order valence-corrected chi connectivity index (χ2v) is 7.60. The molecule has 0 bridgehead atoms. The Morgan fingerprint density at radius 1 is 1.21 bits per heavy atom. The normalized spacial score (nSPS) is 15.9. The predicted octanol–water partition coefficient (Wildman–Crippen LogP) is 5.71. The minimum absolute atomic E-state index is 0.254. The van der Waals surface area contributed by atoms with Crippen LogP contribution in [0.25, 0.3) is 0 Å². The number of halogens is 3. The van der Waals surface area contributed by atoms with Gasteiger partial charge in [0.05, 0.1) is 0 Å². The van der Waals surface area contributed by atoms with Crippen molar-refractivity contribution in [2.75, 3.05) is 6.61 Å². The van der Waals surface area contributed by atoms with Crippen molar-refractivity contribution in [1.29, 1.82) is 0 Å². The molecule has 1 amide bonds. The van der Waals surface area contributed by atoms with Gasteiger partial charge in [0.2, 0.25) is 0 Å². The number of hydrogen-bond acceptors (Lipinski definition) is 2. The molecular weight excluding hydrogens is 413 g/mol. The van der Waals surface area contributed by atoms with Gasteiger partial charge in [0, 0.05) is 27.0 Å². The molecule has 0 radical (unpaired) electrons. The molecule has 1 aliphatic rings. The van der Waals surface area contributed by atoms with Crippen LogP contribution in [0, 0.1) is 0 Å². The van der Waals surface area contributed by atoms with Gasteiger partial charge < -0.3 is 10.1 Å². The quantitative estimate of drug-likeness (QED) is 0.676. The number of nitrogens with one attached hydrogen (secondary N) is 1. The van der Waals surface area contributed by atoms with Gasteiger partial charge in [-0.05, 0) is 59.9 Å². The van der Waals surface area contributed by atoms with Gasteiger partial charge in [-0.15, -0.1) is 0 Å². The SMILES string of the molecule is O=C(NCc1cc(Cl)cc(Cl)c1)OCC1CCc2ccc(Br)cc21. The summed E-state index contributed by atoms with van der Waals surface area (Å²) < 4.78 is 6.42. The summed E-state index contributed by atoms with van der Waals surface area (Å²) in [7, 11) is 0. The lowest BCUT2D eigenvalue weighted by Gasteiger charge is -2.13. The number of aryl methyl sites for hydroxylation is 1. The topological polar surface area (TPSA) is 38.3 Å². The zero-order chi connectivity index (χ0) is 17.1. The van der Waals surface area contributed by atoms with E-state index in [1.54, 1.807) is 18.2 Å². The van der Waals surface area contributed by atoms with E-state index >= 15 is 0 Å². The van der Waals surface area contributed by atoms with Crippen molar-refractivity contribution >= 4 is 45.2 Å². The number of hydrogen-bond donors (Lipinski definition) is 1. The van der Waals surface area contributed by atoms with Crippen LogP contribution in [-0.2, 0) is 17.7 Å². The number of benzene rings is 2. The van der Waals surface area contributed by atoms with Gasteiger partial charge in [0.1, 0.15) is 6.61 Å². The highest BCUT2D eigenvalue weighted by Gasteiger charge is 2.23. The van der Waals surface area contributed by atoms with Gasteiger partial charge in [-0.1, -0.05) is 45.2 Å². The van der Waals surface area contributed by atoms with Gasteiger partial charge in [0.15, 0.2) is 0 Å². The lowest BCUT2D eigenvalue weighted by Crippen LogP contribution is -2.25. The molecule has 0 spiro atoms. The molecule has 3 nitrogen and oxygen atoms in total. The summed E-state index contributed by atoms with van der Waals surface area (Å²) in [5.74, 6) is 0.254. The van der Waals surface area contributed by atoms with Crippen LogP contribution in [0.3, 0.4) is 0 Å². The Morgan fingerprint density at radius 2 is 1.96 bits per heavy atom. The first-order valence-corrected chi connectivity index (χ1v) is 9.20. The first kappa shape index (κ1) is 17.6. The summed E-state index contributed by atoms with van der Waals surface area (Å²) in [5, 5.41) is 3.81. The Bertz CT molecular complexity index is 746. The average molecular weight is 429 g/mol. The van der Waals surface area contributed by atoms with E-state index < -0.39 is 6.09 Å². The van der Waals surface area contributed by atoms with Gasteiger partial charge in [-0.3, -0.25) is 0 Å². The Balaban J connectivity index is 1.51. The maximum absolute atomic E-state index is 11.9. The van der Waals surface area contributed by atoms with Crippen LogP contribution in [0.15, 0.2) is 40.9 Å². The lowest BCUT2D eigenvalue weighted by atomic mass is 10.0. The molecule has 0 aromatic heterocycles. The van der Waals surface area contributed by atoms with E-state index in [-0.39, 0.29) is 5.92 Å². The summed E-state index contributed by atoms with van der Waals surface area (Å²) in [6, 6.07) is 11.5. The van der Waals surface area contributed by atoms with E-state index in [2.05, 4.69) is 33.4 Å². The number of amides is 1. The molecule has 6 heteroatoms. The van der Waals surface area contributed by atoms with Crippen LogP contribution >= 0.6 is 39.1 Å². The molecule has 24 heavy (non-hydrogen) atoms. The number of carbonyl (C=O) groups excluding carboxylic acids is 1. The summed E-state index contributed by atoms with van der Waals surface area (Å²) >= 11 is 15.4. The van der Waals surface area contributed by atoms with E-state index in [0.29, 0.717) is 23.2 Å². The Morgan fingerprint density at radius 3 is 2.71 bits per heavy atom. The number of rotatable bonds is 4. The smallest absolute Gasteiger partial charge is 0.407 e. The van der Waals surface area contributed by atoms with Crippen LogP contribution in [0.2, 0.25) is 10.0 Å². The summed E-state index contributed by atoms with van der Waals surface area (Å²) in [5.41, 5.74) is 3.43. The second-order valence-electron chi connectivity index (χ2n) is 5.81. The zero-order valence-electron chi connectivity index (χ0n) is 12.8. The maximum atomic E-state index is 11.9. The van der Waals surface area contributed by atoms with Gasteiger partial charge in [-0.2, -0.15) is 0 Å². The van der Waals surface area contributed by atoms with Crippen molar-refractivity contribution in [2.24, 2.45) is 0 Å². The Labute approximate surface area is 159 Å². The first-order chi connectivity index (χ1) is 11.5. The van der Waals surface area contributed by atoms with Gasteiger partial charge in [-0.25, -0.2) is 4.79 Å². The van der Waals surface area contributed by atoms with Crippen molar-refractivity contribution in [3.8, 4) is 0 Å². The number of ether oxygens (including phenoxy) is 1. The van der Waals surface area contributed by atoms with Crippen LogP contribution in [0.5, 0.6) is 0 Å². The van der Waals surface area contributed by atoms with E-state index in [0.717, 1.165) is 22.9 Å². The van der Waals surface area contributed by atoms with Crippen LogP contribution < -0.4 is 5.32 Å². The molecular formula is C18H16BrCl2NO2. The number of alkyl carbamates (subject to hydrolysis) is 1. The minimum atomic E-state index is -0.436. The molecule has 0 saturated heterocycles. The second kappa shape index (κ2) is 7.77. The molecule has 0 saturated carbocycles. The van der Waals surface area contributed by atoms with E-state index in [9.17, 15) is 4.79 Å². The fourth-order valence-electron chi connectivity index (χ4n) is 2.95. The van der Waals surface area contributed by atoms with E-state index in [1.165, 1.54) is 11.1 Å². The molecule has 1 atom stereocenters. The number of carbonyl (C=O) groups is 1. The third-order valence-electron chi connectivity index (χ3n) is 4.08. The number of fused-ring (bicyclic) bond motifs is 1. The molecule has 0 heterocycles. The molecule has 2 aromatic rings. The van der Waals surface area contributed by atoms with Crippen LogP contribution in [0.1, 0.15) is 29.0 Å². The summed E-state index contributed by atoms with van der Waals surface area (Å²) in [6.45, 7) is 0.706. The highest BCUT2D eigenvalue weighted by molar-refractivity contribution is 9.10. The molecule has 3 rings (SSSR count). The van der Waals surface area contributed by atoms with E-state index in [4.69, 9.17) is 27.9 Å². The summed E-state index contributed by atoms with van der Waals surface area (Å²) in [4.78, 5) is 11.9. The monoisotopic (exact) mass is 427 g/mol. The van der Waals surface area contributed by atoms with Gasteiger partial charge >= 0.3 is 6.09 Å². The van der Waals surface area contributed by atoms with Gasteiger partial charge in [0.25, 0.3) is 0 Å². The van der Waals surface area contributed by atoms with Crippen molar-refractivity contribution in [3.63, 3.8) is 0 Å². The van der Waals surface area contributed by atoms with Crippen LogP contribution in [-0.4, -0.2) is 12.7 Å². The van der Waals surface area contributed by atoms with Crippen molar-refractivity contribution in [3.05, 3.63) is 67.6 Å². The highest BCUT2D eigenvalue weighted by Crippen LogP contribution is 2.35. The summed E-state index contributed by atoms with van der Waals surface area (Å²) in [6.07, 6.45) is 1.59. The van der Waals surface area contributed by atoms with Crippen molar-refractivity contribution < 1.29 is 9.53 Å². The Hall–Kier alpha value is -1.23. The third kappa shape index (κ3) is 4.44. The van der Waals surface area contributed by atoms with E-state index in [1.807, 2.05) is 6.07 Å². The fraction of sp³-hybridized carbons (Fsp3) is 0.278. The van der Waals surface area contributed by atoms with Crippen molar-refractivity contribution in [2.45, 2.75) is 25.3 Å². The maximum Gasteiger partial charge on any atom is 0.407 e. The lowest BCUT2D eigenvalue weighted by molar-refractivity contribution is 0.138. The minimum Gasteiger partial charge on any atom is -0.449 e. The fourth-order valence-corrected chi connectivity index (χ4v) is 3.90. The zero-order valence-corrected chi connectivity index (χ0v) is 15.9. The first-order valence-electron chi connectivity index (χ1n) is 7.65. The standard InChI is InChI=1S/C18H16BrCl2NO2/c19-14-4-3-12-1-2-13(17(12)7-14)10-24-18(23)22-9-11-5-15(20)8-16(21)6-11/h3-8,13H,1-2,9-10H2,(H,22,23).